The first kappa shape index (κ1) is 15.3. The first-order valence-electron chi connectivity index (χ1n) is 8.35. The van der Waals surface area contributed by atoms with Crippen LogP contribution in [-0.4, -0.2) is 50.6 Å². The van der Waals surface area contributed by atoms with E-state index in [9.17, 15) is 4.79 Å². The van der Waals surface area contributed by atoms with Gasteiger partial charge in [-0.05, 0) is 18.8 Å². The highest BCUT2D eigenvalue weighted by atomic mass is 16.1. The molecule has 0 saturated carbocycles. The molecule has 2 saturated heterocycles. The molecular weight excluding hydrogens is 304 g/mol. The van der Waals surface area contributed by atoms with Crippen LogP contribution >= 0.6 is 0 Å². The maximum absolute atomic E-state index is 11.4. The Balaban J connectivity index is 1.40. The van der Waals surface area contributed by atoms with Gasteiger partial charge in [-0.25, -0.2) is 9.97 Å². The molecule has 2 aliphatic heterocycles. The molecule has 126 valence electrons. The van der Waals surface area contributed by atoms with E-state index in [2.05, 4.69) is 31.7 Å². The van der Waals surface area contributed by atoms with Gasteiger partial charge in [-0.3, -0.25) is 14.7 Å². The maximum Gasteiger partial charge on any atom is 0.268 e. The lowest BCUT2D eigenvalue weighted by atomic mass is 10.0. The van der Waals surface area contributed by atoms with Crippen LogP contribution in [-0.2, 0) is 13.6 Å². The number of hydrogen-bond donors (Lipinski definition) is 0. The maximum atomic E-state index is 11.4. The SMILES string of the molecule is Cc1cncnc1N1CC2CN(Cc3cn(C)c(=O)cn3)CC2C1. The summed E-state index contributed by atoms with van der Waals surface area (Å²) >= 11 is 0. The summed E-state index contributed by atoms with van der Waals surface area (Å²) in [6.07, 6.45) is 6.76. The number of anilines is 1. The summed E-state index contributed by atoms with van der Waals surface area (Å²) in [6.45, 7) is 7.15. The van der Waals surface area contributed by atoms with Gasteiger partial charge in [0, 0.05) is 57.7 Å². The van der Waals surface area contributed by atoms with Crippen molar-refractivity contribution in [3.05, 3.63) is 46.5 Å². The summed E-state index contributed by atoms with van der Waals surface area (Å²) in [7, 11) is 1.77. The van der Waals surface area contributed by atoms with Crippen LogP contribution in [0.25, 0.3) is 0 Å². The molecule has 2 fully saturated rings. The molecule has 4 rings (SSSR count). The van der Waals surface area contributed by atoms with Gasteiger partial charge in [0.2, 0.25) is 0 Å². The molecule has 0 radical (unpaired) electrons. The van der Waals surface area contributed by atoms with E-state index >= 15 is 0 Å². The minimum absolute atomic E-state index is 0.0621. The number of aryl methyl sites for hydroxylation is 2. The molecule has 24 heavy (non-hydrogen) atoms. The van der Waals surface area contributed by atoms with Gasteiger partial charge in [-0.1, -0.05) is 0 Å². The second-order valence-corrected chi connectivity index (χ2v) is 6.98. The molecule has 2 aromatic heterocycles. The van der Waals surface area contributed by atoms with Gasteiger partial charge in [0.25, 0.3) is 5.56 Å². The van der Waals surface area contributed by atoms with E-state index in [0.29, 0.717) is 11.8 Å². The van der Waals surface area contributed by atoms with Crippen LogP contribution in [0.1, 0.15) is 11.3 Å². The highest BCUT2D eigenvalue weighted by molar-refractivity contribution is 5.46. The van der Waals surface area contributed by atoms with Gasteiger partial charge >= 0.3 is 0 Å². The standard InChI is InChI=1S/C17H22N6O/c1-12-3-18-11-20-17(12)23-7-13-5-22(6-14(13)8-23)10-15-9-21(2)16(24)4-19-15/h3-4,9,11,13-14H,5-8,10H2,1-2H3. The highest BCUT2D eigenvalue weighted by Crippen LogP contribution is 2.34. The molecule has 7 nitrogen and oxygen atoms in total. The van der Waals surface area contributed by atoms with Crippen molar-refractivity contribution in [3.63, 3.8) is 0 Å². The second-order valence-electron chi connectivity index (χ2n) is 6.98. The molecule has 0 aromatic carbocycles. The van der Waals surface area contributed by atoms with Crippen LogP contribution in [0.3, 0.4) is 0 Å². The largest absolute Gasteiger partial charge is 0.356 e. The fourth-order valence-electron chi connectivity index (χ4n) is 3.98. The van der Waals surface area contributed by atoms with Crippen LogP contribution in [0.15, 0.2) is 29.7 Å². The third-order valence-electron chi connectivity index (χ3n) is 5.15. The van der Waals surface area contributed by atoms with Crippen molar-refractivity contribution in [2.75, 3.05) is 31.1 Å². The van der Waals surface area contributed by atoms with Gasteiger partial charge in [0.15, 0.2) is 0 Å². The zero-order chi connectivity index (χ0) is 16.7. The predicted octanol–water partition coefficient (Wildman–Crippen LogP) is 0.447. The van der Waals surface area contributed by atoms with E-state index in [1.807, 2.05) is 12.4 Å². The lowest BCUT2D eigenvalue weighted by Gasteiger charge is -2.23. The Morgan fingerprint density at radius 1 is 1.12 bits per heavy atom. The second kappa shape index (κ2) is 5.98. The predicted molar refractivity (Wildman–Crippen MR) is 90.7 cm³/mol. The number of hydrogen-bond acceptors (Lipinski definition) is 6. The Morgan fingerprint density at radius 2 is 1.88 bits per heavy atom. The summed E-state index contributed by atoms with van der Waals surface area (Å²) in [6, 6.07) is 0. The van der Waals surface area contributed by atoms with Crippen molar-refractivity contribution in [2.45, 2.75) is 13.5 Å². The van der Waals surface area contributed by atoms with E-state index < -0.39 is 0 Å². The molecule has 4 heterocycles. The Labute approximate surface area is 141 Å². The Bertz CT molecular complexity index is 790. The van der Waals surface area contributed by atoms with Crippen molar-refractivity contribution >= 4 is 5.82 Å². The topological polar surface area (TPSA) is 67.2 Å². The van der Waals surface area contributed by atoms with Crippen LogP contribution in [0.2, 0.25) is 0 Å². The number of rotatable bonds is 3. The molecule has 2 unspecified atom stereocenters. The molecule has 0 spiro atoms. The smallest absolute Gasteiger partial charge is 0.268 e. The first-order chi connectivity index (χ1) is 11.6. The molecule has 2 aromatic rings. The minimum Gasteiger partial charge on any atom is -0.356 e. The van der Waals surface area contributed by atoms with Gasteiger partial charge in [0.05, 0.1) is 11.9 Å². The van der Waals surface area contributed by atoms with E-state index in [1.54, 1.807) is 17.9 Å². The number of likely N-dealkylation sites (tertiary alicyclic amines) is 1. The lowest BCUT2D eigenvalue weighted by Crippen LogP contribution is -2.30. The summed E-state index contributed by atoms with van der Waals surface area (Å²) in [5.74, 6) is 2.42. The van der Waals surface area contributed by atoms with Gasteiger partial charge in [-0.2, -0.15) is 0 Å². The van der Waals surface area contributed by atoms with Crippen molar-refractivity contribution in [2.24, 2.45) is 18.9 Å². The normalized spacial score (nSPS) is 23.7. The van der Waals surface area contributed by atoms with Crippen LogP contribution in [0.5, 0.6) is 0 Å². The van der Waals surface area contributed by atoms with Gasteiger partial charge in [0.1, 0.15) is 12.1 Å². The van der Waals surface area contributed by atoms with Crippen molar-refractivity contribution in [1.82, 2.24) is 24.4 Å². The Kier molecular flexibility index (Phi) is 3.80. The summed E-state index contributed by atoms with van der Waals surface area (Å²) in [4.78, 5) is 29.1. The number of aromatic nitrogens is 4. The number of fused-ring (bicyclic) bond motifs is 1. The van der Waals surface area contributed by atoms with E-state index in [0.717, 1.165) is 49.8 Å². The third-order valence-corrected chi connectivity index (χ3v) is 5.15. The first-order valence-corrected chi connectivity index (χ1v) is 8.35. The summed E-state index contributed by atoms with van der Waals surface area (Å²) in [5.41, 5.74) is 2.04. The summed E-state index contributed by atoms with van der Waals surface area (Å²) < 4.78 is 1.60. The van der Waals surface area contributed by atoms with E-state index in [1.165, 1.54) is 6.20 Å². The molecule has 2 atom stereocenters. The van der Waals surface area contributed by atoms with E-state index in [4.69, 9.17) is 0 Å². The van der Waals surface area contributed by atoms with Crippen molar-refractivity contribution in [1.29, 1.82) is 0 Å². The van der Waals surface area contributed by atoms with Crippen LogP contribution < -0.4 is 10.5 Å². The molecule has 0 N–H and O–H groups in total. The molecule has 0 amide bonds. The average Bonchev–Trinajstić information content (AvgIpc) is 3.09. The molecule has 0 aliphatic carbocycles. The van der Waals surface area contributed by atoms with E-state index in [-0.39, 0.29) is 5.56 Å². The quantitative estimate of drug-likeness (QED) is 0.816. The molecule has 7 heteroatoms. The Hall–Kier alpha value is -2.28. The van der Waals surface area contributed by atoms with Crippen LogP contribution in [0, 0.1) is 18.8 Å². The average molecular weight is 326 g/mol. The zero-order valence-electron chi connectivity index (χ0n) is 14.1. The molecule has 2 aliphatic rings. The molecule has 0 bridgehead atoms. The van der Waals surface area contributed by atoms with Crippen molar-refractivity contribution in [3.8, 4) is 0 Å². The van der Waals surface area contributed by atoms with Crippen molar-refractivity contribution < 1.29 is 0 Å². The van der Waals surface area contributed by atoms with Gasteiger partial charge < -0.3 is 9.47 Å². The minimum atomic E-state index is -0.0621. The fourth-order valence-corrected chi connectivity index (χ4v) is 3.98. The lowest BCUT2D eigenvalue weighted by molar-refractivity contribution is 0.304. The fraction of sp³-hybridized carbons (Fsp3) is 0.529. The monoisotopic (exact) mass is 326 g/mol. The summed E-state index contributed by atoms with van der Waals surface area (Å²) in [5, 5.41) is 0. The van der Waals surface area contributed by atoms with Crippen LogP contribution in [0.4, 0.5) is 5.82 Å². The third kappa shape index (κ3) is 2.80. The molecular formula is C17H22N6O. The number of nitrogens with zero attached hydrogens (tertiary/aromatic N) is 6. The Morgan fingerprint density at radius 3 is 2.54 bits per heavy atom. The highest BCUT2D eigenvalue weighted by Gasteiger charge is 2.40. The zero-order valence-corrected chi connectivity index (χ0v) is 14.1. The van der Waals surface area contributed by atoms with Gasteiger partial charge in [-0.15, -0.1) is 0 Å².